The van der Waals surface area contributed by atoms with Gasteiger partial charge in [-0.05, 0) is 30.5 Å². The average molecular weight is 196 g/mol. The quantitative estimate of drug-likeness (QED) is 0.784. The molecule has 0 saturated heterocycles. The smallest absolute Gasteiger partial charge is 0.303 e. The molecule has 1 aromatic rings. The van der Waals surface area contributed by atoms with E-state index in [2.05, 4.69) is 0 Å². The van der Waals surface area contributed by atoms with E-state index in [4.69, 9.17) is 9.84 Å². The molecule has 14 heavy (non-hydrogen) atoms. The van der Waals surface area contributed by atoms with Gasteiger partial charge in [-0.1, -0.05) is 12.1 Å². The van der Waals surface area contributed by atoms with Gasteiger partial charge in [0.05, 0.1) is 7.11 Å². The summed E-state index contributed by atoms with van der Waals surface area (Å²) in [6, 6.07) is 7.70. The number of carboxylic acids is 1. The third kappa shape index (κ3) is 3.47. The van der Waals surface area contributed by atoms with Crippen molar-refractivity contribution in [2.75, 3.05) is 7.11 Å². The van der Waals surface area contributed by atoms with E-state index >= 15 is 0 Å². The SMILES string of the molecule is COc1cccc(CCC[14C](=O)O)c1. The highest BCUT2D eigenvalue weighted by molar-refractivity contribution is 5.66. The van der Waals surface area contributed by atoms with Gasteiger partial charge in [0, 0.05) is 6.42 Å². The molecule has 1 aromatic carbocycles. The zero-order valence-electron chi connectivity index (χ0n) is 8.19. The number of carbonyl (C=O) groups is 1. The van der Waals surface area contributed by atoms with Crippen LogP contribution in [0.2, 0.25) is 0 Å². The Morgan fingerprint density at radius 3 is 2.93 bits per heavy atom. The van der Waals surface area contributed by atoms with Crippen LogP contribution in [0.4, 0.5) is 0 Å². The molecule has 1 N–H and O–H groups in total. The molecule has 0 aliphatic heterocycles. The minimum absolute atomic E-state index is 0.219. The van der Waals surface area contributed by atoms with Crippen molar-refractivity contribution in [3.8, 4) is 5.75 Å². The van der Waals surface area contributed by atoms with Crippen LogP contribution in [0, 0.1) is 0 Å². The molecule has 3 nitrogen and oxygen atoms in total. The van der Waals surface area contributed by atoms with Crippen molar-refractivity contribution in [1.29, 1.82) is 0 Å². The van der Waals surface area contributed by atoms with E-state index in [9.17, 15) is 4.79 Å². The maximum atomic E-state index is 10.3. The van der Waals surface area contributed by atoms with Gasteiger partial charge in [-0.2, -0.15) is 0 Å². The summed E-state index contributed by atoms with van der Waals surface area (Å²) in [4.78, 5) is 10.3. The molecule has 1 rings (SSSR count). The molecule has 76 valence electrons. The predicted octanol–water partition coefficient (Wildman–Crippen LogP) is 2.10. The number of hydrogen-bond donors (Lipinski definition) is 1. The van der Waals surface area contributed by atoms with Gasteiger partial charge in [-0.15, -0.1) is 0 Å². The summed E-state index contributed by atoms with van der Waals surface area (Å²) in [5.74, 6) is 0.0747. The fourth-order valence-electron chi connectivity index (χ4n) is 1.27. The van der Waals surface area contributed by atoms with Crippen molar-refractivity contribution in [2.24, 2.45) is 0 Å². The molecule has 0 aliphatic carbocycles. The zero-order chi connectivity index (χ0) is 10.4. The van der Waals surface area contributed by atoms with Crippen molar-refractivity contribution in [1.82, 2.24) is 0 Å². The summed E-state index contributed by atoms with van der Waals surface area (Å²) in [5.41, 5.74) is 1.12. The number of rotatable bonds is 5. The van der Waals surface area contributed by atoms with Crippen molar-refractivity contribution >= 4 is 5.97 Å². The monoisotopic (exact) mass is 196 g/mol. The van der Waals surface area contributed by atoms with Crippen molar-refractivity contribution in [2.45, 2.75) is 19.3 Å². The van der Waals surface area contributed by atoms with Gasteiger partial charge in [0.2, 0.25) is 0 Å². The Kier molecular flexibility index (Phi) is 3.98. The first kappa shape index (κ1) is 10.6. The van der Waals surface area contributed by atoms with Gasteiger partial charge in [-0.3, -0.25) is 4.79 Å². The standard InChI is InChI=1S/C11H14O3/c1-14-10-6-2-4-9(8-10)5-3-7-11(12)13/h2,4,6,8H,3,5,7H2,1H3,(H,12,13)/i11+2. The Morgan fingerprint density at radius 2 is 2.29 bits per heavy atom. The average Bonchev–Trinajstić information content (AvgIpc) is 2.18. The number of carboxylic acid groups (broad SMARTS) is 1. The fourth-order valence-corrected chi connectivity index (χ4v) is 1.27. The van der Waals surface area contributed by atoms with E-state index in [1.807, 2.05) is 24.3 Å². The lowest BCUT2D eigenvalue weighted by molar-refractivity contribution is -0.137. The van der Waals surface area contributed by atoms with Crippen LogP contribution in [0.3, 0.4) is 0 Å². The lowest BCUT2D eigenvalue weighted by atomic mass is 10.1. The van der Waals surface area contributed by atoms with Crippen LogP contribution in [0.15, 0.2) is 24.3 Å². The highest BCUT2D eigenvalue weighted by Gasteiger charge is 1.99. The predicted molar refractivity (Wildman–Crippen MR) is 53.6 cm³/mol. The third-order valence-corrected chi connectivity index (χ3v) is 1.99. The molecular formula is C11H14O3. The lowest BCUT2D eigenvalue weighted by Crippen LogP contribution is -1.96. The Morgan fingerprint density at radius 1 is 1.50 bits per heavy atom. The van der Waals surface area contributed by atoms with Crippen molar-refractivity contribution in [3.05, 3.63) is 29.8 Å². The molecule has 0 amide bonds. The van der Waals surface area contributed by atoms with E-state index in [0.717, 1.165) is 17.7 Å². The summed E-state index contributed by atoms with van der Waals surface area (Å²) in [6.07, 6.45) is 1.67. The highest BCUT2D eigenvalue weighted by Crippen LogP contribution is 2.14. The first-order valence-electron chi connectivity index (χ1n) is 4.57. The number of hydrogen-bond acceptors (Lipinski definition) is 2. The molecule has 0 radical (unpaired) electrons. The van der Waals surface area contributed by atoms with E-state index in [-0.39, 0.29) is 6.42 Å². The normalized spacial score (nSPS) is 9.79. The van der Waals surface area contributed by atoms with Gasteiger partial charge < -0.3 is 9.84 Å². The molecule has 0 aliphatic rings. The van der Waals surface area contributed by atoms with Crippen LogP contribution in [-0.4, -0.2) is 18.2 Å². The van der Waals surface area contributed by atoms with E-state index < -0.39 is 5.97 Å². The largest absolute Gasteiger partial charge is 0.497 e. The van der Waals surface area contributed by atoms with E-state index in [1.165, 1.54) is 0 Å². The minimum atomic E-state index is -0.743. The van der Waals surface area contributed by atoms with Crippen LogP contribution in [-0.2, 0) is 11.2 Å². The lowest BCUT2D eigenvalue weighted by Gasteiger charge is -2.03. The number of ether oxygens (including phenoxy) is 1. The topological polar surface area (TPSA) is 46.5 Å². The molecule has 3 heteroatoms. The number of aliphatic carboxylic acids is 1. The molecule has 0 atom stereocenters. The van der Waals surface area contributed by atoms with Crippen LogP contribution in [0.25, 0.3) is 0 Å². The molecule has 0 aromatic heterocycles. The van der Waals surface area contributed by atoms with E-state index in [1.54, 1.807) is 7.11 Å². The summed E-state index contributed by atoms with van der Waals surface area (Å²) >= 11 is 0. The zero-order valence-corrected chi connectivity index (χ0v) is 8.19. The summed E-state index contributed by atoms with van der Waals surface area (Å²) in [5, 5.41) is 8.47. The van der Waals surface area contributed by atoms with E-state index in [0.29, 0.717) is 6.42 Å². The molecular weight excluding hydrogens is 182 g/mol. The summed E-state index contributed by atoms with van der Waals surface area (Å²) < 4.78 is 5.07. The Labute approximate surface area is 83.3 Å². The molecule has 0 spiro atoms. The second-order valence-corrected chi connectivity index (χ2v) is 3.10. The van der Waals surface area contributed by atoms with Gasteiger partial charge in [-0.25, -0.2) is 0 Å². The van der Waals surface area contributed by atoms with Crippen LogP contribution in [0.1, 0.15) is 18.4 Å². The van der Waals surface area contributed by atoms with Gasteiger partial charge >= 0.3 is 5.97 Å². The second kappa shape index (κ2) is 5.27. The maximum Gasteiger partial charge on any atom is 0.303 e. The number of methoxy groups -OCH3 is 1. The molecule has 0 bridgehead atoms. The Bertz CT molecular complexity index is 307. The number of benzene rings is 1. The van der Waals surface area contributed by atoms with Crippen LogP contribution < -0.4 is 4.74 Å². The van der Waals surface area contributed by atoms with Gasteiger partial charge in [0.25, 0.3) is 0 Å². The number of aryl methyl sites for hydroxylation is 1. The molecule has 0 saturated carbocycles. The van der Waals surface area contributed by atoms with Crippen molar-refractivity contribution < 1.29 is 14.6 Å². The van der Waals surface area contributed by atoms with Crippen molar-refractivity contribution in [3.63, 3.8) is 0 Å². The third-order valence-electron chi connectivity index (χ3n) is 1.99. The van der Waals surface area contributed by atoms with Gasteiger partial charge in [0.1, 0.15) is 5.75 Å². The Balaban J connectivity index is 2.46. The fraction of sp³-hybridized carbons (Fsp3) is 0.364. The maximum absolute atomic E-state index is 10.3. The minimum Gasteiger partial charge on any atom is -0.497 e. The second-order valence-electron chi connectivity index (χ2n) is 3.10. The summed E-state index contributed by atoms with van der Waals surface area (Å²) in [7, 11) is 1.62. The Hall–Kier alpha value is -1.51. The highest BCUT2D eigenvalue weighted by atomic mass is 16.6. The first-order chi connectivity index (χ1) is 6.72. The molecule has 0 heterocycles. The van der Waals surface area contributed by atoms with Crippen LogP contribution in [0.5, 0.6) is 5.75 Å². The molecule has 0 fully saturated rings. The molecule has 0 unspecified atom stereocenters. The van der Waals surface area contributed by atoms with Crippen LogP contribution >= 0.6 is 0 Å². The first-order valence-corrected chi connectivity index (χ1v) is 4.57. The van der Waals surface area contributed by atoms with Gasteiger partial charge in [0.15, 0.2) is 0 Å². The summed E-state index contributed by atoms with van der Waals surface area (Å²) in [6.45, 7) is 0.